The summed E-state index contributed by atoms with van der Waals surface area (Å²) in [6.07, 6.45) is 13.5. The molecule has 3 rings (SSSR count). The van der Waals surface area contributed by atoms with Crippen LogP contribution in [0.4, 0.5) is 5.69 Å². The number of rotatable bonds is 7. The topological polar surface area (TPSA) is 34.1 Å². The molecule has 0 saturated carbocycles. The van der Waals surface area contributed by atoms with E-state index in [4.69, 9.17) is 15.9 Å². The zero-order valence-corrected chi connectivity index (χ0v) is 18.4. The molecule has 2 aromatic carbocycles. The van der Waals surface area contributed by atoms with Crippen LogP contribution in [0, 0.1) is 18.3 Å². The molecule has 2 atom stereocenters. The number of likely N-dealkylation sites (N-methyl/N-ethyl adjacent to an activating group) is 1. The maximum absolute atomic E-state index is 5.90. The van der Waals surface area contributed by atoms with Crippen LogP contribution in [0.1, 0.15) is 18.5 Å². The first-order valence-electron chi connectivity index (χ1n) is 10.2. The number of benzene rings is 2. The summed E-state index contributed by atoms with van der Waals surface area (Å²) in [5, 5.41) is 0. The number of hydrogen-bond donors (Lipinski definition) is 0. The fraction of sp³-hybridized carbons (Fsp3) is 0.222. The molecule has 4 nitrogen and oxygen atoms in total. The van der Waals surface area contributed by atoms with Crippen LogP contribution in [0.25, 0.3) is 0 Å². The van der Waals surface area contributed by atoms with Crippen molar-refractivity contribution in [3.8, 4) is 18.1 Å². The van der Waals surface area contributed by atoms with Crippen molar-refractivity contribution in [2.24, 2.45) is 10.9 Å². The minimum atomic E-state index is -0.247. The first-order chi connectivity index (χ1) is 15.2. The minimum Gasteiger partial charge on any atom is -0.495 e. The maximum Gasteiger partial charge on any atom is 0.147 e. The molecule has 1 aliphatic carbocycles. The standard InChI is InChI=1S/C27H28N2O2/c1-6-19-28-25-20(7-2)17-18-22(27(25)31-5)26(21-13-9-8-10-14-21)29(3)23-15-11-12-16-24(23)30-4/h2,6,8-20,26H,1,3-5H3/b19-6-,28-25?. The lowest BCUT2D eigenvalue weighted by Gasteiger charge is -2.35. The summed E-state index contributed by atoms with van der Waals surface area (Å²) in [7, 11) is 5.40. The van der Waals surface area contributed by atoms with Gasteiger partial charge in [0, 0.05) is 18.8 Å². The number of ether oxygens (including phenoxy) is 2. The predicted molar refractivity (Wildman–Crippen MR) is 128 cm³/mol. The fourth-order valence-electron chi connectivity index (χ4n) is 3.83. The molecule has 0 N–H and O–H groups in total. The van der Waals surface area contributed by atoms with Crippen molar-refractivity contribution in [1.82, 2.24) is 0 Å². The summed E-state index contributed by atoms with van der Waals surface area (Å²) >= 11 is 0. The molecule has 0 fully saturated rings. The van der Waals surface area contributed by atoms with E-state index in [9.17, 15) is 0 Å². The van der Waals surface area contributed by atoms with E-state index >= 15 is 0 Å². The van der Waals surface area contributed by atoms with Crippen LogP contribution in [-0.2, 0) is 4.74 Å². The van der Waals surface area contributed by atoms with Crippen LogP contribution >= 0.6 is 0 Å². The number of methoxy groups -OCH3 is 2. The van der Waals surface area contributed by atoms with Gasteiger partial charge in [-0.25, -0.2) is 0 Å². The third kappa shape index (κ3) is 4.57. The molecular formula is C27H28N2O2. The van der Waals surface area contributed by atoms with Crippen LogP contribution in [0.3, 0.4) is 0 Å². The summed E-state index contributed by atoms with van der Waals surface area (Å²) in [4.78, 5) is 6.81. The number of nitrogens with zero attached hydrogens (tertiary/aromatic N) is 2. The first kappa shape index (κ1) is 22.0. The van der Waals surface area contributed by atoms with E-state index in [2.05, 4.69) is 41.1 Å². The molecule has 4 heteroatoms. The zero-order chi connectivity index (χ0) is 22.2. The van der Waals surface area contributed by atoms with Gasteiger partial charge in [-0.05, 0) is 24.6 Å². The normalized spacial score (nSPS) is 18.2. The smallest absolute Gasteiger partial charge is 0.147 e. The second kappa shape index (κ2) is 10.4. The Morgan fingerprint density at radius 3 is 2.42 bits per heavy atom. The van der Waals surface area contributed by atoms with Gasteiger partial charge in [-0.15, -0.1) is 6.42 Å². The van der Waals surface area contributed by atoms with Crippen LogP contribution in [0.15, 0.2) is 95.3 Å². The highest BCUT2D eigenvalue weighted by Crippen LogP contribution is 2.40. The van der Waals surface area contributed by atoms with Gasteiger partial charge in [0.05, 0.1) is 31.9 Å². The molecule has 0 aliphatic heterocycles. The second-order valence-corrected chi connectivity index (χ2v) is 7.08. The van der Waals surface area contributed by atoms with E-state index in [0.29, 0.717) is 5.76 Å². The number of para-hydroxylation sites is 2. The lowest BCUT2D eigenvalue weighted by molar-refractivity contribution is 0.306. The fourth-order valence-corrected chi connectivity index (χ4v) is 3.83. The van der Waals surface area contributed by atoms with E-state index in [-0.39, 0.29) is 12.0 Å². The average Bonchev–Trinajstić information content (AvgIpc) is 2.83. The summed E-state index contributed by atoms with van der Waals surface area (Å²) < 4.78 is 11.5. The Balaban J connectivity index is 2.23. The van der Waals surface area contributed by atoms with Gasteiger partial charge in [-0.3, -0.25) is 4.99 Å². The van der Waals surface area contributed by atoms with Crippen molar-refractivity contribution < 1.29 is 9.47 Å². The second-order valence-electron chi connectivity index (χ2n) is 7.08. The van der Waals surface area contributed by atoms with Gasteiger partial charge in [-0.2, -0.15) is 0 Å². The van der Waals surface area contributed by atoms with Gasteiger partial charge < -0.3 is 14.4 Å². The van der Waals surface area contributed by atoms with Gasteiger partial charge in [0.2, 0.25) is 0 Å². The van der Waals surface area contributed by atoms with E-state index in [0.717, 1.165) is 28.3 Å². The van der Waals surface area contributed by atoms with Crippen LogP contribution in [0.5, 0.6) is 5.75 Å². The molecule has 0 heterocycles. The SMILES string of the molecule is C#CC1C=CC(C(c2ccccc2)N(C)c2ccccc2OC)=C(OC)C1=N/C=C\C. The Kier molecular flexibility index (Phi) is 7.35. The number of terminal acetylenes is 1. The van der Waals surface area contributed by atoms with Crippen molar-refractivity contribution in [2.45, 2.75) is 13.0 Å². The number of aliphatic imine (C=N–C) groups is 1. The predicted octanol–water partition coefficient (Wildman–Crippen LogP) is 5.57. The summed E-state index contributed by atoms with van der Waals surface area (Å²) in [5.41, 5.74) is 3.81. The quantitative estimate of drug-likeness (QED) is 0.558. The van der Waals surface area contributed by atoms with E-state index < -0.39 is 0 Å². The molecule has 0 saturated heterocycles. The Hall–Kier alpha value is -3.71. The van der Waals surface area contributed by atoms with Crippen molar-refractivity contribution in [1.29, 1.82) is 0 Å². The van der Waals surface area contributed by atoms with Crippen LogP contribution in [-0.4, -0.2) is 27.0 Å². The molecule has 31 heavy (non-hydrogen) atoms. The van der Waals surface area contributed by atoms with Gasteiger partial charge in [0.15, 0.2) is 0 Å². The Morgan fingerprint density at radius 1 is 1.06 bits per heavy atom. The summed E-state index contributed by atoms with van der Waals surface area (Å²) in [6, 6.07) is 18.2. The highest BCUT2D eigenvalue weighted by molar-refractivity contribution is 6.05. The van der Waals surface area contributed by atoms with Gasteiger partial charge in [0.1, 0.15) is 17.2 Å². The van der Waals surface area contributed by atoms with E-state index in [1.165, 1.54) is 0 Å². The molecule has 0 aromatic heterocycles. The highest BCUT2D eigenvalue weighted by atomic mass is 16.5. The monoisotopic (exact) mass is 412 g/mol. The molecular weight excluding hydrogens is 384 g/mol. The zero-order valence-electron chi connectivity index (χ0n) is 18.4. The van der Waals surface area contributed by atoms with Crippen molar-refractivity contribution in [2.75, 3.05) is 26.2 Å². The third-order valence-corrected chi connectivity index (χ3v) is 5.27. The molecule has 0 spiro atoms. The van der Waals surface area contributed by atoms with Gasteiger partial charge in [0.25, 0.3) is 0 Å². The first-order valence-corrected chi connectivity index (χ1v) is 10.2. The van der Waals surface area contributed by atoms with Crippen molar-refractivity contribution in [3.05, 3.63) is 95.9 Å². The Labute approximate surface area is 185 Å². The van der Waals surface area contributed by atoms with Crippen LogP contribution in [0.2, 0.25) is 0 Å². The largest absolute Gasteiger partial charge is 0.495 e. The average molecular weight is 413 g/mol. The molecule has 0 amide bonds. The third-order valence-electron chi connectivity index (χ3n) is 5.27. The van der Waals surface area contributed by atoms with Crippen molar-refractivity contribution in [3.63, 3.8) is 0 Å². The molecule has 158 valence electrons. The van der Waals surface area contributed by atoms with E-state index in [1.807, 2.05) is 61.5 Å². The lowest BCUT2D eigenvalue weighted by atomic mass is 9.86. The van der Waals surface area contributed by atoms with E-state index in [1.54, 1.807) is 20.4 Å². The summed E-state index contributed by atoms with van der Waals surface area (Å²) in [5.74, 6) is 4.05. The minimum absolute atomic E-state index is 0.141. The van der Waals surface area contributed by atoms with Crippen LogP contribution < -0.4 is 9.64 Å². The molecule has 1 aliphatic rings. The maximum atomic E-state index is 5.90. The highest BCUT2D eigenvalue weighted by Gasteiger charge is 2.31. The lowest BCUT2D eigenvalue weighted by Crippen LogP contribution is -2.30. The molecule has 0 radical (unpaired) electrons. The summed E-state index contributed by atoms with van der Waals surface area (Å²) in [6.45, 7) is 1.92. The Morgan fingerprint density at radius 2 is 1.77 bits per heavy atom. The van der Waals surface area contributed by atoms with Gasteiger partial charge >= 0.3 is 0 Å². The van der Waals surface area contributed by atoms with Gasteiger partial charge in [-0.1, -0.05) is 66.6 Å². The van der Waals surface area contributed by atoms with Crippen molar-refractivity contribution >= 4 is 11.4 Å². The molecule has 2 unspecified atom stereocenters. The molecule has 0 bridgehead atoms. The molecule has 2 aromatic rings. The number of anilines is 1. The Bertz CT molecular complexity index is 1060. The number of hydrogen-bond acceptors (Lipinski definition) is 4. The number of allylic oxidation sites excluding steroid dienone is 3.